The van der Waals surface area contributed by atoms with Crippen molar-refractivity contribution < 1.29 is 4.79 Å². The van der Waals surface area contributed by atoms with Gasteiger partial charge in [0.25, 0.3) is 5.91 Å². The highest BCUT2D eigenvalue weighted by Crippen LogP contribution is 2.47. The van der Waals surface area contributed by atoms with E-state index in [1.807, 2.05) is 24.3 Å². The van der Waals surface area contributed by atoms with Gasteiger partial charge in [0.15, 0.2) is 3.92 Å². The van der Waals surface area contributed by atoms with E-state index in [4.69, 9.17) is 5.26 Å². The van der Waals surface area contributed by atoms with Gasteiger partial charge in [-0.15, -0.1) is 11.3 Å². The third kappa shape index (κ3) is 2.47. The molecule has 1 saturated carbocycles. The minimum absolute atomic E-state index is 0.235. The standard InChI is InChI=1S/C14H10BrN3OS/c15-13-18-11(7-20-13)12(19)17-10-3-1-9(2-4-10)14(8-16)5-6-14/h1-4,7H,5-6H2,(H,17,19). The molecule has 1 aromatic carbocycles. The van der Waals surface area contributed by atoms with Crippen molar-refractivity contribution in [3.8, 4) is 6.07 Å². The molecule has 4 nitrogen and oxygen atoms in total. The van der Waals surface area contributed by atoms with Gasteiger partial charge in [0, 0.05) is 11.1 Å². The van der Waals surface area contributed by atoms with Crippen LogP contribution in [-0.4, -0.2) is 10.9 Å². The Balaban J connectivity index is 1.73. The number of nitriles is 1. The molecule has 1 heterocycles. The van der Waals surface area contributed by atoms with Crippen molar-refractivity contribution in [2.24, 2.45) is 0 Å². The van der Waals surface area contributed by atoms with Crippen molar-refractivity contribution in [3.05, 3.63) is 44.8 Å². The molecule has 1 N–H and O–H groups in total. The lowest BCUT2D eigenvalue weighted by atomic mass is 9.98. The third-order valence-electron chi connectivity index (χ3n) is 3.37. The maximum atomic E-state index is 11.9. The first-order chi connectivity index (χ1) is 9.63. The zero-order chi connectivity index (χ0) is 14.2. The topological polar surface area (TPSA) is 65.8 Å². The fraction of sp³-hybridized carbons (Fsp3) is 0.214. The summed E-state index contributed by atoms with van der Waals surface area (Å²) in [5.41, 5.74) is 1.83. The molecule has 1 aromatic heterocycles. The van der Waals surface area contributed by atoms with Gasteiger partial charge in [-0.1, -0.05) is 12.1 Å². The highest BCUT2D eigenvalue weighted by molar-refractivity contribution is 9.11. The van der Waals surface area contributed by atoms with Crippen molar-refractivity contribution >= 4 is 38.9 Å². The Bertz CT molecular complexity index is 698. The molecular weight excluding hydrogens is 338 g/mol. The molecule has 0 spiro atoms. The molecule has 1 fully saturated rings. The van der Waals surface area contributed by atoms with Crippen molar-refractivity contribution in [2.45, 2.75) is 18.3 Å². The Hall–Kier alpha value is -1.71. The Labute approximate surface area is 128 Å². The molecule has 0 radical (unpaired) electrons. The van der Waals surface area contributed by atoms with Crippen molar-refractivity contribution in [3.63, 3.8) is 0 Å². The molecule has 100 valence electrons. The summed E-state index contributed by atoms with van der Waals surface area (Å²) in [4.78, 5) is 16.0. The number of nitrogens with one attached hydrogen (secondary N) is 1. The van der Waals surface area contributed by atoms with Gasteiger partial charge in [0.05, 0.1) is 11.5 Å². The second-order valence-corrected chi connectivity index (χ2v) is 6.85. The lowest BCUT2D eigenvalue weighted by molar-refractivity contribution is 0.102. The zero-order valence-corrected chi connectivity index (χ0v) is 12.8. The Morgan fingerprint density at radius 3 is 2.60 bits per heavy atom. The number of amides is 1. The van der Waals surface area contributed by atoms with E-state index in [0.29, 0.717) is 15.3 Å². The van der Waals surface area contributed by atoms with E-state index in [2.05, 4.69) is 32.3 Å². The Morgan fingerprint density at radius 2 is 2.10 bits per heavy atom. The van der Waals surface area contributed by atoms with Crippen LogP contribution in [0, 0.1) is 11.3 Å². The van der Waals surface area contributed by atoms with Crippen LogP contribution in [0.25, 0.3) is 0 Å². The third-order valence-corrected chi connectivity index (χ3v) is 4.73. The average molecular weight is 348 g/mol. The normalized spacial score (nSPS) is 15.4. The molecule has 0 unspecified atom stereocenters. The van der Waals surface area contributed by atoms with E-state index in [0.717, 1.165) is 18.4 Å². The van der Waals surface area contributed by atoms with Gasteiger partial charge in [0.1, 0.15) is 5.69 Å². The van der Waals surface area contributed by atoms with Crippen LogP contribution in [0.4, 0.5) is 5.69 Å². The van der Waals surface area contributed by atoms with Gasteiger partial charge in [-0.05, 0) is 46.5 Å². The summed E-state index contributed by atoms with van der Waals surface area (Å²) >= 11 is 4.60. The first kappa shape index (κ1) is 13.3. The van der Waals surface area contributed by atoms with Crippen molar-refractivity contribution in [1.82, 2.24) is 4.98 Å². The van der Waals surface area contributed by atoms with Crippen LogP contribution in [0.2, 0.25) is 0 Å². The molecule has 1 amide bonds. The summed E-state index contributed by atoms with van der Waals surface area (Å²) in [5, 5.41) is 13.6. The predicted molar refractivity (Wildman–Crippen MR) is 80.7 cm³/mol. The molecule has 20 heavy (non-hydrogen) atoms. The molecule has 0 bridgehead atoms. The van der Waals surface area contributed by atoms with Gasteiger partial charge in [0.2, 0.25) is 0 Å². The maximum absolute atomic E-state index is 11.9. The number of anilines is 1. The van der Waals surface area contributed by atoms with Gasteiger partial charge in [-0.25, -0.2) is 4.98 Å². The number of rotatable bonds is 3. The number of benzene rings is 1. The highest BCUT2D eigenvalue weighted by atomic mass is 79.9. The molecule has 0 atom stereocenters. The number of carbonyl (C=O) groups is 1. The van der Waals surface area contributed by atoms with E-state index in [-0.39, 0.29) is 11.3 Å². The van der Waals surface area contributed by atoms with Crippen LogP contribution in [0.5, 0.6) is 0 Å². The molecule has 0 saturated heterocycles. The van der Waals surface area contributed by atoms with Crippen LogP contribution >= 0.6 is 27.3 Å². The maximum Gasteiger partial charge on any atom is 0.275 e. The molecule has 1 aliphatic carbocycles. The van der Waals surface area contributed by atoms with Crippen molar-refractivity contribution in [1.29, 1.82) is 5.26 Å². The van der Waals surface area contributed by atoms with Gasteiger partial charge in [-0.3, -0.25) is 4.79 Å². The summed E-state index contributed by atoms with van der Waals surface area (Å²) in [6, 6.07) is 9.82. The lowest BCUT2D eigenvalue weighted by Crippen LogP contribution is -2.12. The summed E-state index contributed by atoms with van der Waals surface area (Å²) in [6.07, 6.45) is 1.84. The lowest BCUT2D eigenvalue weighted by Gasteiger charge is -2.08. The largest absolute Gasteiger partial charge is 0.321 e. The number of nitrogens with zero attached hydrogens (tertiary/aromatic N) is 2. The summed E-state index contributed by atoms with van der Waals surface area (Å²) in [6.45, 7) is 0. The van der Waals surface area contributed by atoms with Gasteiger partial charge in [-0.2, -0.15) is 5.26 Å². The molecular formula is C14H10BrN3OS. The second-order valence-electron chi connectivity index (χ2n) is 4.71. The predicted octanol–water partition coefficient (Wildman–Crippen LogP) is 3.71. The number of halogens is 1. The summed E-state index contributed by atoms with van der Waals surface area (Å²) in [5.74, 6) is -0.235. The Morgan fingerprint density at radius 1 is 1.40 bits per heavy atom. The van der Waals surface area contributed by atoms with E-state index < -0.39 is 0 Å². The van der Waals surface area contributed by atoms with E-state index in [1.165, 1.54) is 11.3 Å². The number of hydrogen-bond donors (Lipinski definition) is 1. The fourth-order valence-corrected chi connectivity index (χ4v) is 3.00. The Kier molecular flexibility index (Phi) is 3.32. The SMILES string of the molecule is N#CC1(c2ccc(NC(=O)c3csc(Br)n3)cc2)CC1. The minimum Gasteiger partial charge on any atom is -0.321 e. The number of thiazole rings is 1. The molecule has 6 heteroatoms. The monoisotopic (exact) mass is 347 g/mol. The fourth-order valence-electron chi connectivity index (χ4n) is 2.01. The summed E-state index contributed by atoms with van der Waals surface area (Å²) in [7, 11) is 0. The highest BCUT2D eigenvalue weighted by Gasteiger charge is 2.44. The second kappa shape index (κ2) is 5.00. The average Bonchev–Trinajstić information content (AvgIpc) is 3.14. The summed E-state index contributed by atoms with van der Waals surface area (Å²) < 4.78 is 0.683. The molecule has 0 aliphatic heterocycles. The van der Waals surface area contributed by atoms with Gasteiger partial charge >= 0.3 is 0 Å². The number of hydrogen-bond acceptors (Lipinski definition) is 4. The molecule has 2 aromatic rings. The minimum atomic E-state index is -0.289. The smallest absolute Gasteiger partial charge is 0.275 e. The van der Waals surface area contributed by atoms with Crippen LogP contribution < -0.4 is 5.32 Å². The quantitative estimate of drug-likeness (QED) is 0.920. The number of aromatic nitrogens is 1. The van der Waals surface area contributed by atoms with Crippen LogP contribution in [0.15, 0.2) is 33.6 Å². The van der Waals surface area contributed by atoms with Crippen LogP contribution in [0.1, 0.15) is 28.9 Å². The number of carbonyl (C=O) groups excluding carboxylic acids is 1. The van der Waals surface area contributed by atoms with E-state index >= 15 is 0 Å². The molecule has 1 aliphatic rings. The van der Waals surface area contributed by atoms with Crippen LogP contribution in [0.3, 0.4) is 0 Å². The van der Waals surface area contributed by atoms with Crippen molar-refractivity contribution in [2.75, 3.05) is 5.32 Å². The van der Waals surface area contributed by atoms with Crippen LogP contribution in [-0.2, 0) is 5.41 Å². The first-order valence-corrected chi connectivity index (χ1v) is 7.74. The van der Waals surface area contributed by atoms with Gasteiger partial charge < -0.3 is 5.32 Å². The molecule has 3 rings (SSSR count). The van der Waals surface area contributed by atoms with E-state index in [9.17, 15) is 4.79 Å². The van der Waals surface area contributed by atoms with E-state index in [1.54, 1.807) is 5.38 Å². The first-order valence-electron chi connectivity index (χ1n) is 6.07. The zero-order valence-electron chi connectivity index (χ0n) is 10.4.